The number of rotatable bonds is 2. The zero-order valence-electron chi connectivity index (χ0n) is 12.3. The van der Waals surface area contributed by atoms with Crippen molar-refractivity contribution >= 4 is 11.6 Å². The van der Waals surface area contributed by atoms with Crippen molar-refractivity contribution < 1.29 is 4.79 Å². The Hall–Kier alpha value is -2.80. The van der Waals surface area contributed by atoms with E-state index in [2.05, 4.69) is 23.1 Å². The smallest absolute Gasteiger partial charge is 0.254 e. The van der Waals surface area contributed by atoms with Gasteiger partial charge in [0.05, 0.1) is 11.6 Å². The molecule has 1 amide bonds. The molecule has 4 nitrogen and oxygen atoms in total. The molecule has 1 saturated heterocycles. The van der Waals surface area contributed by atoms with E-state index >= 15 is 0 Å². The Labute approximate surface area is 130 Å². The second-order valence-electron chi connectivity index (χ2n) is 5.31. The highest BCUT2D eigenvalue weighted by Gasteiger charge is 2.22. The molecule has 0 aromatic heterocycles. The summed E-state index contributed by atoms with van der Waals surface area (Å²) < 4.78 is 0. The van der Waals surface area contributed by atoms with Gasteiger partial charge in [-0.1, -0.05) is 24.3 Å². The van der Waals surface area contributed by atoms with E-state index in [4.69, 9.17) is 5.26 Å². The summed E-state index contributed by atoms with van der Waals surface area (Å²) in [5, 5.41) is 8.93. The number of carbonyl (C=O) groups excluding carboxylic acids is 1. The van der Waals surface area contributed by atoms with Crippen LogP contribution in [-0.4, -0.2) is 37.0 Å². The predicted octanol–water partition coefficient (Wildman–Crippen LogP) is 2.52. The first kappa shape index (κ1) is 14.2. The van der Waals surface area contributed by atoms with Crippen LogP contribution in [0.1, 0.15) is 15.9 Å². The fourth-order valence-corrected chi connectivity index (χ4v) is 2.71. The minimum absolute atomic E-state index is 0.00446. The average Bonchev–Trinajstić information content (AvgIpc) is 2.62. The minimum Gasteiger partial charge on any atom is -0.368 e. The molecule has 1 aliphatic rings. The zero-order valence-corrected chi connectivity index (χ0v) is 12.3. The summed E-state index contributed by atoms with van der Waals surface area (Å²) in [6.07, 6.45) is 0. The fourth-order valence-electron chi connectivity index (χ4n) is 2.71. The Balaban J connectivity index is 1.66. The Kier molecular flexibility index (Phi) is 4.06. The van der Waals surface area contributed by atoms with E-state index in [1.165, 1.54) is 5.69 Å². The summed E-state index contributed by atoms with van der Waals surface area (Å²) in [6, 6.07) is 19.2. The summed E-state index contributed by atoms with van der Waals surface area (Å²) in [5.41, 5.74) is 2.31. The highest BCUT2D eigenvalue weighted by atomic mass is 16.2. The number of amides is 1. The molecule has 110 valence electrons. The van der Waals surface area contributed by atoms with E-state index in [9.17, 15) is 4.79 Å². The van der Waals surface area contributed by atoms with Gasteiger partial charge >= 0.3 is 0 Å². The molecular weight excluding hydrogens is 274 g/mol. The molecule has 3 rings (SSSR count). The van der Waals surface area contributed by atoms with E-state index in [1.54, 1.807) is 24.3 Å². The van der Waals surface area contributed by atoms with Crippen LogP contribution in [0.3, 0.4) is 0 Å². The van der Waals surface area contributed by atoms with Crippen molar-refractivity contribution in [3.05, 3.63) is 65.7 Å². The van der Waals surface area contributed by atoms with Crippen LogP contribution < -0.4 is 4.90 Å². The van der Waals surface area contributed by atoms with Gasteiger partial charge in [0.15, 0.2) is 0 Å². The number of carbonyl (C=O) groups is 1. The van der Waals surface area contributed by atoms with Crippen LogP contribution in [-0.2, 0) is 0 Å². The van der Waals surface area contributed by atoms with Gasteiger partial charge in [-0.25, -0.2) is 0 Å². The van der Waals surface area contributed by atoms with Gasteiger partial charge < -0.3 is 9.80 Å². The van der Waals surface area contributed by atoms with Gasteiger partial charge in [0.2, 0.25) is 0 Å². The van der Waals surface area contributed by atoms with E-state index in [1.807, 2.05) is 23.1 Å². The van der Waals surface area contributed by atoms with Gasteiger partial charge in [0, 0.05) is 37.4 Å². The fraction of sp³-hybridized carbons (Fsp3) is 0.222. The summed E-state index contributed by atoms with van der Waals surface area (Å²) >= 11 is 0. The molecule has 0 unspecified atom stereocenters. The van der Waals surface area contributed by atoms with Crippen LogP contribution in [0.5, 0.6) is 0 Å². The largest absolute Gasteiger partial charge is 0.368 e. The molecule has 0 saturated carbocycles. The van der Waals surface area contributed by atoms with Crippen molar-refractivity contribution in [2.75, 3.05) is 31.1 Å². The first-order valence-electron chi connectivity index (χ1n) is 7.37. The minimum atomic E-state index is 0.00446. The van der Waals surface area contributed by atoms with Crippen LogP contribution in [0.25, 0.3) is 0 Å². The molecule has 1 aliphatic heterocycles. The molecule has 2 aromatic rings. The third-order valence-electron chi connectivity index (χ3n) is 3.93. The monoisotopic (exact) mass is 291 g/mol. The molecule has 0 radical (unpaired) electrons. The lowest BCUT2D eigenvalue weighted by Gasteiger charge is -2.36. The van der Waals surface area contributed by atoms with Crippen LogP contribution >= 0.6 is 0 Å². The Bertz CT molecular complexity index is 698. The third-order valence-corrected chi connectivity index (χ3v) is 3.93. The first-order chi connectivity index (χ1) is 10.8. The normalized spacial score (nSPS) is 14.5. The van der Waals surface area contributed by atoms with Gasteiger partial charge in [-0.15, -0.1) is 0 Å². The lowest BCUT2D eigenvalue weighted by atomic mass is 10.1. The van der Waals surface area contributed by atoms with E-state index in [-0.39, 0.29) is 5.91 Å². The Morgan fingerprint density at radius 3 is 2.36 bits per heavy atom. The zero-order chi connectivity index (χ0) is 15.4. The first-order valence-corrected chi connectivity index (χ1v) is 7.37. The average molecular weight is 291 g/mol. The highest BCUT2D eigenvalue weighted by molar-refractivity contribution is 5.94. The van der Waals surface area contributed by atoms with E-state index in [0.29, 0.717) is 24.2 Å². The lowest BCUT2D eigenvalue weighted by Crippen LogP contribution is -2.48. The predicted molar refractivity (Wildman–Crippen MR) is 85.7 cm³/mol. The SMILES string of the molecule is N#Cc1cccc(C(=O)N2CCN(c3ccccc3)CC2)c1. The molecule has 4 heteroatoms. The number of anilines is 1. The second-order valence-corrected chi connectivity index (χ2v) is 5.31. The molecule has 0 bridgehead atoms. The topological polar surface area (TPSA) is 47.3 Å². The maximum absolute atomic E-state index is 12.5. The van der Waals surface area contributed by atoms with Crippen molar-refractivity contribution in [3.8, 4) is 6.07 Å². The lowest BCUT2D eigenvalue weighted by molar-refractivity contribution is 0.0747. The summed E-state index contributed by atoms with van der Waals surface area (Å²) in [6.45, 7) is 3.05. The van der Waals surface area contributed by atoms with Crippen molar-refractivity contribution in [3.63, 3.8) is 0 Å². The van der Waals surface area contributed by atoms with Crippen molar-refractivity contribution in [1.82, 2.24) is 4.90 Å². The van der Waals surface area contributed by atoms with Crippen molar-refractivity contribution in [2.45, 2.75) is 0 Å². The molecule has 2 aromatic carbocycles. The summed E-state index contributed by atoms with van der Waals surface area (Å²) in [7, 11) is 0. The number of benzene rings is 2. The molecule has 1 heterocycles. The molecule has 1 fully saturated rings. The molecule has 0 aliphatic carbocycles. The maximum Gasteiger partial charge on any atom is 0.254 e. The number of nitriles is 1. The van der Waals surface area contributed by atoms with Crippen LogP contribution in [0.4, 0.5) is 5.69 Å². The number of hydrogen-bond donors (Lipinski definition) is 0. The standard InChI is InChI=1S/C18H17N3O/c19-14-15-5-4-6-16(13-15)18(22)21-11-9-20(10-12-21)17-7-2-1-3-8-17/h1-8,13H,9-12H2. The van der Waals surface area contributed by atoms with Gasteiger partial charge in [-0.2, -0.15) is 5.26 Å². The Morgan fingerprint density at radius 2 is 1.68 bits per heavy atom. The second kappa shape index (κ2) is 6.31. The third kappa shape index (κ3) is 2.94. The molecule has 0 atom stereocenters. The highest BCUT2D eigenvalue weighted by Crippen LogP contribution is 2.17. The maximum atomic E-state index is 12.5. The quantitative estimate of drug-likeness (QED) is 0.854. The van der Waals surface area contributed by atoms with Crippen molar-refractivity contribution in [2.24, 2.45) is 0 Å². The summed E-state index contributed by atoms with van der Waals surface area (Å²) in [5.74, 6) is 0.00446. The van der Waals surface area contributed by atoms with Gasteiger partial charge in [-0.05, 0) is 30.3 Å². The molecule has 0 N–H and O–H groups in total. The summed E-state index contributed by atoms with van der Waals surface area (Å²) in [4.78, 5) is 16.7. The van der Waals surface area contributed by atoms with Crippen LogP contribution in [0.15, 0.2) is 54.6 Å². The van der Waals surface area contributed by atoms with Crippen LogP contribution in [0.2, 0.25) is 0 Å². The molecular formula is C18H17N3O. The number of piperazine rings is 1. The van der Waals surface area contributed by atoms with Gasteiger partial charge in [0.25, 0.3) is 5.91 Å². The number of hydrogen-bond acceptors (Lipinski definition) is 3. The van der Waals surface area contributed by atoms with Gasteiger partial charge in [0.1, 0.15) is 0 Å². The number of para-hydroxylation sites is 1. The molecule has 0 spiro atoms. The Morgan fingerprint density at radius 1 is 0.955 bits per heavy atom. The van der Waals surface area contributed by atoms with Crippen molar-refractivity contribution in [1.29, 1.82) is 5.26 Å². The van der Waals surface area contributed by atoms with Crippen LogP contribution in [0, 0.1) is 11.3 Å². The number of nitrogens with zero attached hydrogens (tertiary/aromatic N) is 3. The van der Waals surface area contributed by atoms with E-state index in [0.717, 1.165) is 13.1 Å². The van der Waals surface area contributed by atoms with Gasteiger partial charge in [-0.3, -0.25) is 4.79 Å². The molecule has 22 heavy (non-hydrogen) atoms. The van der Waals surface area contributed by atoms with E-state index < -0.39 is 0 Å².